The Kier molecular flexibility index (Phi) is 5.15. The number of H-pyrrole nitrogens is 1. The summed E-state index contributed by atoms with van der Waals surface area (Å²) in [4.78, 5) is 19.6. The summed E-state index contributed by atoms with van der Waals surface area (Å²) in [5, 5.41) is 14.8. The van der Waals surface area contributed by atoms with Crippen LogP contribution in [0.4, 0.5) is 0 Å². The van der Waals surface area contributed by atoms with Gasteiger partial charge < -0.3 is 26.0 Å². The molecule has 8 heteroatoms. The highest BCUT2D eigenvalue weighted by Crippen LogP contribution is 2.31. The van der Waals surface area contributed by atoms with Crippen LogP contribution in [0.25, 0.3) is 0 Å². The van der Waals surface area contributed by atoms with Gasteiger partial charge in [0.1, 0.15) is 11.2 Å². The normalized spacial score (nSPS) is 18.4. The van der Waals surface area contributed by atoms with E-state index >= 15 is 0 Å². The largest absolute Gasteiger partial charge is 0.409 e. The fourth-order valence-electron chi connectivity index (χ4n) is 2.48. The number of nitrogens with zero attached hydrogens (tertiary/aromatic N) is 2. The Bertz CT molecular complexity index is 480. The van der Waals surface area contributed by atoms with Gasteiger partial charge in [0.25, 0.3) is 0 Å². The van der Waals surface area contributed by atoms with Crippen LogP contribution in [-0.4, -0.2) is 46.7 Å². The van der Waals surface area contributed by atoms with E-state index in [-0.39, 0.29) is 11.7 Å². The van der Waals surface area contributed by atoms with Crippen LogP contribution in [0.2, 0.25) is 0 Å². The zero-order valence-electron chi connectivity index (χ0n) is 11.8. The number of carbonyl (C=O) groups is 1. The first-order valence-corrected chi connectivity index (χ1v) is 7.01. The molecule has 1 aliphatic rings. The zero-order valence-corrected chi connectivity index (χ0v) is 11.8. The third-order valence-electron chi connectivity index (χ3n) is 3.81. The number of imidazole rings is 1. The number of amidine groups is 1. The lowest BCUT2D eigenvalue weighted by Crippen LogP contribution is -2.52. The summed E-state index contributed by atoms with van der Waals surface area (Å²) < 4.78 is 5.26. The summed E-state index contributed by atoms with van der Waals surface area (Å²) in [7, 11) is 0. The van der Waals surface area contributed by atoms with Crippen molar-refractivity contribution in [1.29, 1.82) is 0 Å². The molecule has 0 atom stereocenters. The first-order chi connectivity index (χ1) is 10.2. The Morgan fingerprint density at radius 1 is 1.57 bits per heavy atom. The van der Waals surface area contributed by atoms with Crippen molar-refractivity contribution in [2.45, 2.75) is 25.7 Å². The van der Waals surface area contributed by atoms with E-state index in [4.69, 9.17) is 15.7 Å². The number of hydrogen-bond acceptors (Lipinski definition) is 5. The minimum atomic E-state index is -0.961. The van der Waals surface area contributed by atoms with E-state index in [0.29, 0.717) is 32.6 Å². The van der Waals surface area contributed by atoms with Crippen molar-refractivity contribution in [3.05, 3.63) is 18.2 Å². The molecule has 1 amide bonds. The van der Waals surface area contributed by atoms with Crippen molar-refractivity contribution < 1.29 is 14.7 Å². The van der Waals surface area contributed by atoms with Crippen LogP contribution >= 0.6 is 0 Å². The minimum absolute atomic E-state index is 0.0469. The van der Waals surface area contributed by atoms with Gasteiger partial charge in [0.15, 0.2) is 5.84 Å². The van der Waals surface area contributed by atoms with Crippen molar-refractivity contribution in [2.75, 3.05) is 19.8 Å². The molecule has 116 valence electrons. The van der Waals surface area contributed by atoms with Gasteiger partial charge in [0.05, 0.1) is 0 Å². The fourth-order valence-corrected chi connectivity index (χ4v) is 2.48. The Balaban J connectivity index is 1.87. The van der Waals surface area contributed by atoms with Gasteiger partial charge in [-0.25, -0.2) is 4.98 Å². The molecule has 0 unspecified atom stereocenters. The van der Waals surface area contributed by atoms with Crippen molar-refractivity contribution in [3.63, 3.8) is 0 Å². The van der Waals surface area contributed by atoms with E-state index < -0.39 is 5.41 Å². The quantitative estimate of drug-likeness (QED) is 0.193. The Hall–Kier alpha value is -2.09. The molecule has 1 aromatic heterocycles. The highest BCUT2D eigenvalue weighted by atomic mass is 16.5. The number of nitrogens with two attached hydrogens (primary N) is 1. The van der Waals surface area contributed by atoms with E-state index in [1.165, 1.54) is 0 Å². The summed E-state index contributed by atoms with van der Waals surface area (Å²) in [6.07, 6.45) is 5.83. The van der Waals surface area contributed by atoms with Crippen LogP contribution in [0.5, 0.6) is 0 Å². The molecule has 1 aliphatic heterocycles. The number of nitrogens with one attached hydrogen (secondary N) is 2. The Morgan fingerprint density at radius 2 is 2.33 bits per heavy atom. The summed E-state index contributed by atoms with van der Waals surface area (Å²) in [6.45, 7) is 1.37. The minimum Gasteiger partial charge on any atom is -0.409 e. The van der Waals surface area contributed by atoms with E-state index in [1.54, 1.807) is 12.4 Å². The Morgan fingerprint density at radius 3 is 2.95 bits per heavy atom. The third kappa shape index (κ3) is 3.52. The maximum absolute atomic E-state index is 12.4. The summed E-state index contributed by atoms with van der Waals surface area (Å²) in [6, 6.07) is 0. The number of hydrogen-bond donors (Lipinski definition) is 4. The molecule has 0 radical (unpaired) electrons. The Labute approximate surface area is 122 Å². The van der Waals surface area contributed by atoms with Gasteiger partial charge in [0, 0.05) is 38.6 Å². The number of rotatable bonds is 6. The molecule has 1 saturated heterocycles. The average Bonchev–Trinajstić information content (AvgIpc) is 3.04. The van der Waals surface area contributed by atoms with Crippen LogP contribution in [0.3, 0.4) is 0 Å². The van der Waals surface area contributed by atoms with Crippen LogP contribution < -0.4 is 11.1 Å². The third-order valence-corrected chi connectivity index (χ3v) is 3.81. The average molecular weight is 295 g/mol. The second-order valence-electron chi connectivity index (χ2n) is 5.08. The molecule has 21 heavy (non-hydrogen) atoms. The highest BCUT2D eigenvalue weighted by molar-refractivity contribution is 6.06. The molecule has 0 bridgehead atoms. The standard InChI is InChI=1S/C13H21N5O3/c14-11(18-20)13(3-8-21-9-4-13)12(19)17-5-1-2-10-15-6-7-16-10/h6-7,20H,1-5,8-9H2,(H2,14,18)(H,15,16)(H,17,19). The lowest BCUT2D eigenvalue weighted by atomic mass is 9.78. The number of oxime groups is 1. The number of ether oxygens (including phenoxy) is 1. The second kappa shape index (κ2) is 7.07. The van der Waals surface area contributed by atoms with Crippen molar-refractivity contribution >= 4 is 11.7 Å². The number of amides is 1. The van der Waals surface area contributed by atoms with Crippen LogP contribution in [-0.2, 0) is 16.0 Å². The highest BCUT2D eigenvalue weighted by Gasteiger charge is 2.44. The van der Waals surface area contributed by atoms with Gasteiger partial charge in [-0.15, -0.1) is 0 Å². The van der Waals surface area contributed by atoms with Gasteiger partial charge in [-0.1, -0.05) is 5.16 Å². The molecule has 0 aliphatic carbocycles. The molecule has 0 spiro atoms. The van der Waals surface area contributed by atoms with E-state index in [1.807, 2.05) is 0 Å². The lowest BCUT2D eigenvalue weighted by molar-refractivity contribution is -0.131. The van der Waals surface area contributed by atoms with Gasteiger partial charge in [0.2, 0.25) is 5.91 Å². The van der Waals surface area contributed by atoms with Gasteiger partial charge in [-0.3, -0.25) is 4.79 Å². The number of aromatic amines is 1. The van der Waals surface area contributed by atoms with E-state index in [0.717, 1.165) is 18.7 Å². The van der Waals surface area contributed by atoms with E-state index in [9.17, 15) is 4.79 Å². The summed E-state index contributed by atoms with van der Waals surface area (Å²) in [5.74, 6) is 0.636. The molecular weight excluding hydrogens is 274 g/mol. The van der Waals surface area contributed by atoms with Crippen LogP contribution in [0.15, 0.2) is 17.5 Å². The molecule has 0 aromatic carbocycles. The summed E-state index contributed by atoms with van der Waals surface area (Å²) >= 11 is 0. The fraction of sp³-hybridized carbons (Fsp3) is 0.615. The molecule has 2 heterocycles. The van der Waals surface area contributed by atoms with Gasteiger partial charge in [-0.2, -0.15) is 0 Å². The maximum atomic E-state index is 12.4. The van der Waals surface area contributed by atoms with Gasteiger partial charge in [-0.05, 0) is 19.3 Å². The number of carbonyl (C=O) groups excluding carboxylic acids is 1. The van der Waals surface area contributed by atoms with Crippen molar-refractivity contribution in [1.82, 2.24) is 15.3 Å². The van der Waals surface area contributed by atoms with Gasteiger partial charge >= 0.3 is 0 Å². The molecule has 2 rings (SSSR count). The maximum Gasteiger partial charge on any atom is 0.234 e. The lowest BCUT2D eigenvalue weighted by Gasteiger charge is -2.34. The first-order valence-electron chi connectivity index (χ1n) is 7.01. The second-order valence-corrected chi connectivity index (χ2v) is 5.08. The molecule has 1 aromatic rings. The number of aryl methyl sites for hydroxylation is 1. The predicted octanol–water partition coefficient (Wildman–Crippen LogP) is 0.00170. The topological polar surface area (TPSA) is 126 Å². The monoisotopic (exact) mass is 295 g/mol. The van der Waals surface area contributed by atoms with Crippen LogP contribution in [0, 0.1) is 5.41 Å². The summed E-state index contributed by atoms with van der Waals surface area (Å²) in [5.41, 5.74) is 4.77. The smallest absolute Gasteiger partial charge is 0.234 e. The zero-order chi connectivity index (χ0) is 15.1. The molecule has 1 fully saturated rings. The molecular formula is C13H21N5O3. The van der Waals surface area contributed by atoms with Crippen molar-refractivity contribution in [2.24, 2.45) is 16.3 Å². The number of aromatic nitrogens is 2. The first kappa shape index (κ1) is 15.3. The molecule has 5 N–H and O–H groups in total. The van der Waals surface area contributed by atoms with Crippen molar-refractivity contribution in [3.8, 4) is 0 Å². The van der Waals surface area contributed by atoms with Crippen LogP contribution in [0.1, 0.15) is 25.1 Å². The SMILES string of the molecule is N/C(=N/O)C1(C(=O)NCCCc2ncc[nH]2)CCOCC1. The molecule has 0 saturated carbocycles. The predicted molar refractivity (Wildman–Crippen MR) is 75.8 cm³/mol. The van der Waals surface area contributed by atoms with E-state index in [2.05, 4.69) is 20.4 Å². The molecule has 8 nitrogen and oxygen atoms in total.